The summed E-state index contributed by atoms with van der Waals surface area (Å²) >= 11 is 0. The minimum atomic E-state index is 0.0787. The molecule has 0 bridgehead atoms. The predicted molar refractivity (Wildman–Crippen MR) is 26.5 cm³/mol. The SMILES string of the molecule is C=COC(=C)C=O. The highest BCUT2D eigenvalue weighted by atomic mass is 16.5. The summed E-state index contributed by atoms with van der Waals surface area (Å²) in [6.45, 7) is 6.41. The monoisotopic (exact) mass is 98.0 g/mol. The van der Waals surface area contributed by atoms with E-state index in [1.807, 2.05) is 0 Å². The average molecular weight is 98.1 g/mol. The third kappa shape index (κ3) is 2.76. The highest BCUT2D eigenvalue weighted by Gasteiger charge is 1.80. The molecule has 2 heteroatoms. The van der Waals surface area contributed by atoms with E-state index in [0.717, 1.165) is 6.26 Å². The summed E-state index contributed by atoms with van der Waals surface area (Å²) in [5.74, 6) is 0.0787. The van der Waals surface area contributed by atoms with Gasteiger partial charge in [-0.2, -0.15) is 0 Å². The van der Waals surface area contributed by atoms with Gasteiger partial charge in [0.05, 0.1) is 6.26 Å². The van der Waals surface area contributed by atoms with E-state index in [9.17, 15) is 4.79 Å². The van der Waals surface area contributed by atoms with Gasteiger partial charge in [-0.05, 0) is 0 Å². The van der Waals surface area contributed by atoms with Crippen molar-refractivity contribution in [1.29, 1.82) is 0 Å². The molecule has 7 heavy (non-hydrogen) atoms. The molecule has 0 spiro atoms. The Morgan fingerprint density at radius 1 is 1.71 bits per heavy atom. The van der Waals surface area contributed by atoms with Crippen LogP contribution >= 0.6 is 0 Å². The zero-order valence-corrected chi connectivity index (χ0v) is 3.89. The van der Waals surface area contributed by atoms with Crippen LogP contribution in [0.2, 0.25) is 0 Å². The van der Waals surface area contributed by atoms with Crippen LogP contribution in [-0.4, -0.2) is 6.29 Å². The molecule has 0 radical (unpaired) electrons. The number of ether oxygens (including phenoxy) is 1. The maximum absolute atomic E-state index is 9.62. The average Bonchev–Trinajstić information content (AvgIpc) is 1.68. The molecule has 0 aromatic rings. The van der Waals surface area contributed by atoms with Crippen molar-refractivity contribution in [2.75, 3.05) is 0 Å². The lowest BCUT2D eigenvalue weighted by Gasteiger charge is -1.88. The lowest BCUT2D eigenvalue weighted by Crippen LogP contribution is -1.80. The summed E-state index contributed by atoms with van der Waals surface area (Å²) in [6, 6.07) is 0. The topological polar surface area (TPSA) is 26.3 Å². The number of carbonyl (C=O) groups excluding carboxylic acids is 1. The first-order chi connectivity index (χ1) is 3.31. The van der Waals surface area contributed by atoms with Crippen LogP contribution in [-0.2, 0) is 9.53 Å². The molecule has 0 atom stereocenters. The highest BCUT2D eigenvalue weighted by molar-refractivity contribution is 5.69. The lowest BCUT2D eigenvalue weighted by atomic mass is 10.6. The molecule has 0 aliphatic carbocycles. The first-order valence-corrected chi connectivity index (χ1v) is 1.73. The van der Waals surface area contributed by atoms with Crippen molar-refractivity contribution in [3.63, 3.8) is 0 Å². The van der Waals surface area contributed by atoms with Crippen molar-refractivity contribution in [2.24, 2.45) is 0 Å². The Labute approximate surface area is 42.1 Å². The first kappa shape index (κ1) is 5.95. The Bertz CT molecular complexity index is 94.3. The second-order valence-electron chi connectivity index (χ2n) is 0.869. The van der Waals surface area contributed by atoms with Crippen LogP contribution in [0, 0.1) is 0 Å². The fourth-order valence-electron chi connectivity index (χ4n) is 0.135. The number of aldehydes is 1. The third-order valence-corrected chi connectivity index (χ3v) is 0.366. The van der Waals surface area contributed by atoms with E-state index in [0.29, 0.717) is 6.29 Å². The summed E-state index contributed by atoms with van der Waals surface area (Å²) in [5.41, 5.74) is 0. The van der Waals surface area contributed by atoms with Crippen LogP contribution in [0.4, 0.5) is 0 Å². The van der Waals surface area contributed by atoms with Gasteiger partial charge in [-0.3, -0.25) is 4.79 Å². The Morgan fingerprint density at radius 3 is 2.43 bits per heavy atom. The van der Waals surface area contributed by atoms with Crippen molar-refractivity contribution < 1.29 is 9.53 Å². The molecule has 0 aromatic carbocycles. The lowest BCUT2D eigenvalue weighted by molar-refractivity contribution is -0.107. The minimum Gasteiger partial charge on any atom is -0.463 e. The van der Waals surface area contributed by atoms with Crippen molar-refractivity contribution in [3.05, 3.63) is 25.2 Å². The van der Waals surface area contributed by atoms with Crippen LogP contribution in [0.5, 0.6) is 0 Å². The van der Waals surface area contributed by atoms with Crippen molar-refractivity contribution >= 4 is 6.29 Å². The number of hydrogen-bond donors (Lipinski definition) is 0. The minimum absolute atomic E-state index is 0.0787. The molecule has 0 N–H and O–H groups in total. The standard InChI is InChI=1S/C5H6O2/c1-3-7-5(2)4-6/h3-4H,1-2H2. The summed E-state index contributed by atoms with van der Waals surface area (Å²) < 4.78 is 4.39. The van der Waals surface area contributed by atoms with Gasteiger partial charge < -0.3 is 4.74 Å². The second kappa shape index (κ2) is 3.15. The van der Waals surface area contributed by atoms with E-state index >= 15 is 0 Å². The van der Waals surface area contributed by atoms with E-state index < -0.39 is 0 Å². The highest BCUT2D eigenvalue weighted by Crippen LogP contribution is 1.84. The van der Waals surface area contributed by atoms with E-state index in [2.05, 4.69) is 17.9 Å². The van der Waals surface area contributed by atoms with E-state index in [-0.39, 0.29) is 5.76 Å². The number of allylic oxidation sites excluding steroid dienone is 1. The van der Waals surface area contributed by atoms with Crippen LogP contribution < -0.4 is 0 Å². The van der Waals surface area contributed by atoms with Crippen molar-refractivity contribution in [2.45, 2.75) is 0 Å². The van der Waals surface area contributed by atoms with Crippen molar-refractivity contribution in [1.82, 2.24) is 0 Å². The molecule has 0 heterocycles. The van der Waals surface area contributed by atoms with Gasteiger partial charge in [-0.25, -0.2) is 0 Å². The van der Waals surface area contributed by atoms with Gasteiger partial charge in [0.2, 0.25) is 0 Å². The Kier molecular flexibility index (Phi) is 2.68. The fraction of sp³-hybridized carbons (Fsp3) is 0. The molecular formula is C5H6O2. The number of carbonyl (C=O) groups is 1. The summed E-state index contributed by atoms with van der Waals surface area (Å²) in [7, 11) is 0. The normalized spacial score (nSPS) is 6.86. The number of rotatable bonds is 3. The molecule has 2 nitrogen and oxygen atoms in total. The molecule has 0 fully saturated rings. The van der Waals surface area contributed by atoms with Crippen LogP contribution in [0.15, 0.2) is 25.2 Å². The quantitative estimate of drug-likeness (QED) is 0.297. The van der Waals surface area contributed by atoms with E-state index in [1.54, 1.807) is 0 Å². The largest absolute Gasteiger partial charge is 0.463 e. The molecule has 0 rings (SSSR count). The summed E-state index contributed by atoms with van der Waals surface area (Å²) in [6.07, 6.45) is 1.67. The van der Waals surface area contributed by atoms with Gasteiger partial charge in [-0.15, -0.1) is 0 Å². The van der Waals surface area contributed by atoms with E-state index in [1.165, 1.54) is 0 Å². The Morgan fingerprint density at radius 2 is 2.29 bits per heavy atom. The van der Waals surface area contributed by atoms with Gasteiger partial charge in [0, 0.05) is 0 Å². The zero-order chi connectivity index (χ0) is 5.70. The maximum Gasteiger partial charge on any atom is 0.184 e. The molecular weight excluding hydrogens is 92.1 g/mol. The number of hydrogen-bond acceptors (Lipinski definition) is 2. The summed E-state index contributed by atoms with van der Waals surface area (Å²) in [4.78, 5) is 9.62. The predicted octanol–water partition coefficient (Wildman–Crippen LogP) is 0.859. The van der Waals surface area contributed by atoms with Crippen molar-refractivity contribution in [3.8, 4) is 0 Å². The molecule has 0 saturated heterocycles. The van der Waals surface area contributed by atoms with Gasteiger partial charge in [0.25, 0.3) is 0 Å². The third-order valence-electron chi connectivity index (χ3n) is 0.366. The Balaban J connectivity index is 3.36. The molecule has 38 valence electrons. The van der Waals surface area contributed by atoms with Gasteiger partial charge in [0.1, 0.15) is 0 Å². The maximum atomic E-state index is 9.62. The fourth-order valence-corrected chi connectivity index (χ4v) is 0.135. The summed E-state index contributed by atoms with van der Waals surface area (Å²) in [5, 5.41) is 0. The van der Waals surface area contributed by atoms with Gasteiger partial charge in [-0.1, -0.05) is 13.2 Å². The first-order valence-electron chi connectivity index (χ1n) is 1.73. The molecule has 0 amide bonds. The van der Waals surface area contributed by atoms with E-state index in [4.69, 9.17) is 0 Å². The molecule has 0 aliphatic heterocycles. The van der Waals surface area contributed by atoms with Crippen LogP contribution in [0.1, 0.15) is 0 Å². The van der Waals surface area contributed by atoms with Gasteiger partial charge >= 0.3 is 0 Å². The molecule has 0 aromatic heterocycles. The smallest absolute Gasteiger partial charge is 0.184 e. The Hall–Kier alpha value is -1.05. The molecule has 0 unspecified atom stereocenters. The molecule has 0 aliphatic rings. The van der Waals surface area contributed by atoms with Gasteiger partial charge in [0.15, 0.2) is 12.0 Å². The van der Waals surface area contributed by atoms with Crippen LogP contribution in [0.3, 0.4) is 0 Å². The molecule has 0 saturated carbocycles. The zero-order valence-electron chi connectivity index (χ0n) is 3.89. The second-order valence-corrected chi connectivity index (χ2v) is 0.869. The van der Waals surface area contributed by atoms with Crippen LogP contribution in [0.25, 0.3) is 0 Å².